The predicted molar refractivity (Wildman–Crippen MR) is 228 cm³/mol. The number of phosphoric ester groups is 1. The quantitative estimate of drug-likeness (QED) is 0.0278. The third-order valence-electron chi connectivity index (χ3n) is 9.51. The molecule has 0 aliphatic heterocycles. The summed E-state index contributed by atoms with van der Waals surface area (Å²) in [4.78, 5) is 25.3. The van der Waals surface area contributed by atoms with Gasteiger partial charge in [0.15, 0.2) is 0 Å². The zero-order valence-electron chi connectivity index (χ0n) is 35.7. The van der Waals surface area contributed by atoms with Crippen LogP contribution < -0.4 is 10.2 Å². The molecule has 0 aliphatic carbocycles. The Balaban J connectivity index is 4.49. The summed E-state index contributed by atoms with van der Waals surface area (Å²) in [5, 5.41) is 13.7. The zero-order chi connectivity index (χ0) is 40.0. The van der Waals surface area contributed by atoms with Crippen LogP contribution >= 0.6 is 7.82 Å². The third kappa shape index (κ3) is 38.7. The van der Waals surface area contributed by atoms with Crippen LogP contribution in [-0.2, 0) is 18.4 Å². The number of allylic oxidation sites excluding steroid dienone is 7. The molecule has 0 aliphatic rings. The number of unbranched alkanes of at least 4 members (excludes halogenated alkanes) is 20. The number of rotatable bonds is 39. The van der Waals surface area contributed by atoms with E-state index in [1.54, 1.807) is 6.08 Å². The van der Waals surface area contributed by atoms with Gasteiger partial charge in [-0.3, -0.25) is 9.36 Å². The molecule has 54 heavy (non-hydrogen) atoms. The molecule has 1 amide bonds. The van der Waals surface area contributed by atoms with E-state index < -0.39 is 26.6 Å². The molecule has 2 N–H and O–H groups in total. The Morgan fingerprint density at radius 2 is 1.09 bits per heavy atom. The summed E-state index contributed by atoms with van der Waals surface area (Å²) < 4.78 is 23.1. The van der Waals surface area contributed by atoms with Gasteiger partial charge in [-0.15, -0.1) is 0 Å². The number of amides is 1. The molecule has 8 nitrogen and oxygen atoms in total. The Kier molecular flexibility index (Phi) is 36.0. The first kappa shape index (κ1) is 52.5. The van der Waals surface area contributed by atoms with Crippen molar-refractivity contribution in [1.29, 1.82) is 0 Å². The summed E-state index contributed by atoms with van der Waals surface area (Å²) in [5.41, 5.74) is 0. The average molecular weight is 781 g/mol. The molecule has 0 rings (SSSR count). The normalized spacial score (nSPS) is 14.9. The Morgan fingerprint density at radius 1 is 0.648 bits per heavy atom. The Bertz CT molecular complexity index is 1020. The van der Waals surface area contributed by atoms with Gasteiger partial charge in [0.1, 0.15) is 13.2 Å². The van der Waals surface area contributed by atoms with Crippen LogP contribution in [0.1, 0.15) is 181 Å². The van der Waals surface area contributed by atoms with E-state index in [9.17, 15) is 19.4 Å². The lowest BCUT2D eigenvalue weighted by Crippen LogP contribution is -2.45. The van der Waals surface area contributed by atoms with Gasteiger partial charge < -0.3 is 28.8 Å². The molecule has 9 heteroatoms. The minimum Gasteiger partial charge on any atom is -0.756 e. The van der Waals surface area contributed by atoms with Gasteiger partial charge in [-0.2, -0.15) is 0 Å². The number of likely N-dealkylation sites (N-methyl/N-ethyl adjacent to an activating group) is 1. The number of nitrogens with zero attached hydrogens (tertiary/aromatic N) is 1. The minimum atomic E-state index is -4.60. The van der Waals surface area contributed by atoms with Crippen LogP contribution in [0.5, 0.6) is 0 Å². The van der Waals surface area contributed by atoms with Crippen molar-refractivity contribution < 1.29 is 32.9 Å². The number of carbonyl (C=O) groups is 1. The van der Waals surface area contributed by atoms with Crippen LogP contribution in [0, 0.1) is 0 Å². The largest absolute Gasteiger partial charge is 0.756 e. The summed E-state index contributed by atoms with van der Waals surface area (Å²) >= 11 is 0. The van der Waals surface area contributed by atoms with Gasteiger partial charge >= 0.3 is 0 Å². The fourth-order valence-corrected chi connectivity index (χ4v) is 6.68. The van der Waals surface area contributed by atoms with Crippen molar-refractivity contribution in [2.24, 2.45) is 0 Å². The molecule has 0 saturated carbocycles. The molecule has 0 aromatic rings. The van der Waals surface area contributed by atoms with Gasteiger partial charge in [0.05, 0.1) is 39.9 Å². The standard InChI is InChI=1S/C45H85N2O6P/c1-6-8-10-12-14-16-18-20-22-23-24-25-27-29-31-33-35-37-39-45(49)46-43(42-53-54(50,51)52-41-40-47(3,4)5)44(48)38-36-34-32-30-28-26-21-19-17-15-13-11-9-7-2/h16,18,22-23,28,30,36,38,43-44,48H,6-15,17,19-21,24-27,29,31-35,37,39-42H2,1-5H3,(H-,46,49,50,51)/b18-16-,23-22-,30-28+,38-36+. The van der Waals surface area contributed by atoms with Gasteiger partial charge in [-0.05, 0) is 64.2 Å². The molecule has 0 saturated heterocycles. The second-order valence-corrected chi connectivity index (χ2v) is 17.4. The molecule has 0 spiro atoms. The van der Waals surface area contributed by atoms with Crippen molar-refractivity contribution in [2.75, 3.05) is 40.9 Å². The van der Waals surface area contributed by atoms with Crippen LogP contribution in [-0.4, -0.2) is 68.5 Å². The van der Waals surface area contributed by atoms with E-state index in [-0.39, 0.29) is 12.5 Å². The maximum absolute atomic E-state index is 12.8. The second-order valence-electron chi connectivity index (χ2n) is 16.0. The number of hydrogen-bond donors (Lipinski definition) is 2. The van der Waals surface area contributed by atoms with Gasteiger partial charge in [0.25, 0.3) is 7.82 Å². The lowest BCUT2D eigenvalue weighted by Gasteiger charge is -2.29. The van der Waals surface area contributed by atoms with E-state index in [2.05, 4.69) is 55.6 Å². The predicted octanol–water partition coefficient (Wildman–Crippen LogP) is 11.4. The maximum atomic E-state index is 12.8. The molecule has 316 valence electrons. The molecule has 0 fully saturated rings. The fraction of sp³-hybridized carbons (Fsp3) is 0.800. The first-order valence-electron chi connectivity index (χ1n) is 22.0. The van der Waals surface area contributed by atoms with Gasteiger partial charge in [-0.1, -0.05) is 159 Å². The van der Waals surface area contributed by atoms with Gasteiger partial charge in [0, 0.05) is 6.42 Å². The highest BCUT2D eigenvalue weighted by molar-refractivity contribution is 7.45. The first-order chi connectivity index (χ1) is 26.0. The second kappa shape index (κ2) is 37.1. The Morgan fingerprint density at radius 3 is 1.63 bits per heavy atom. The Labute approximate surface area is 333 Å². The highest BCUT2D eigenvalue weighted by Gasteiger charge is 2.23. The van der Waals surface area contributed by atoms with Crippen molar-refractivity contribution in [3.8, 4) is 0 Å². The smallest absolute Gasteiger partial charge is 0.268 e. The topological polar surface area (TPSA) is 108 Å². The molecule has 0 aromatic heterocycles. The number of hydrogen-bond acceptors (Lipinski definition) is 6. The molecular formula is C45H85N2O6P. The SMILES string of the molecule is CCCCCC/C=C\C/C=C\CCCCCCCCCC(=O)NC(COP(=O)([O-])OCC[N+](C)(C)C)C(O)/C=C/CC/C=C/CCCCCCCCCC. The Hall–Kier alpha value is -1.54. The van der Waals surface area contributed by atoms with Crippen molar-refractivity contribution >= 4 is 13.7 Å². The van der Waals surface area contributed by atoms with E-state index in [4.69, 9.17) is 9.05 Å². The maximum Gasteiger partial charge on any atom is 0.268 e. The average Bonchev–Trinajstić information content (AvgIpc) is 3.12. The fourth-order valence-electron chi connectivity index (χ4n) is 5.96. The van der Waals surface area contributed by atoms with Gasteiger partial charge in [-0.25, -0.2) is 0 Å². The van der Waals surface area contributed by atoms with Crippen LogP contribution in [0.15, 0.2) is 48.6 Å². The van der Waals surface area contributed by atoms with Crippen molar-refractivity contribution in [1.82, 2.24) is 5.32 Å². The summed E-state index contributed by atoms with van der Waals surface area (Å²) in [6.07, 6.45) is 45.8. The molecule has 3 atom stereocenters. The van der Waals surface area contributed by atoms with Crippen LogP contribution in [0.2, 0.25) is 0 Å². The van der Waals surface area contributed by atoms with E-state index in [1.165, 1.54) is 103 Å². The van der Waals surface area contributed by atoms with Crippen molar-refractivity contribution in [3.63, 3.8) is 0 Å². The molecular weight excluding hydrogens is 695 g/mol. The van der Waals surface area contributed by atoms with E-state index in [0.29, 0.717) is 17.4 Å². The number of nitrogens with one attached hydrogen (secondary N) is 1. The van der Waals surface area contributed by atoms with Crippen molar-refractivity contribution in [2.45, 2.75) is 193 Å². The highest BCUT2D eigenvalue weighted by Crippen LogP contribution is 2.38. The number of aliphatic hydroxyl groups is 1. The molecule has 0 bridgehead atoms. The van der Waals surface area contributed by atoms with Crippen LogP contribution in [0.25, 0.3) is 0 Å². The minimum absolute atomic E-state index is 0.00938. The first-order valence-corrected chi connectivity index (χ1v) is 23.5. The summed E-state index contributed by atoms with van der Waals surface area (Å²) in [7, 11) is 1.23. The lowest BCUT2D eigenvalue weighted by molar-refractivity contribution is -0.870. The lowest BCUT2D eigenvalue weighted by atomic mass is 10.1. The number of quaternary nitrogens is 1. The monoisotopic (exact) mass is 781 g/mol. The summed E-state index contributed by atoms with van der Waals surface area (Å²) in [6, 6.07) is -0.906. The molecule has 0 heterocycles. The highest BCUT2D eigenvalue weighted by atomic mass is 31.2. The molecule has 3 unspecified atom stereocenters. The van der Waals surface area contributed by atoms with E-state index >= 15 is 0 Å². The van der Waals surface area contributed by atoms with E-state index in [0.717, 1.165) is 57.8 Å². The van der Waals surface area contributed by atoms with Crippen molar-refractivity contribution in [3.05, 3.63) is 48.6 Å². The van der Waals surface area contributed by atoms with Crippen LogP contribution in [0.3, 0.4) is 0 Å². The number of phosphoric acid groups is 1. The number of aliphatic hydroxyl groups excluding tert-OH is 1. The van der Waals surface area contributed by atoms with Crippen LogP contribution in [0.4, 0.5) is 0 Å². The molecule has 0 radical (unpaired) electrons. The third-order valence-corrected chi connectivity index (χ3v) is 10.5. The number of carbonyl (C=O) groups excluding carboxylic acids is 1. The summed E-state index contributed by atoms with van der Waals surface area (Å²) in [5.74, 6) is -0.218. The van der Waals surface area contributed by atoms with Gasteiger partial charge in [0.2, 0.25) is 5.91 Å². The molecule has 0 aromatic carbocycles. The zero-order valence-corrected chi connectivity index (χ0v) is 36.6. The van der Waals surface area contributed by atoms with E-state index in [1.807, 2.05) is 27.2 Å². The summed E-state index contributed by atoms with van der Waals surface area (Å²) in [6.45, 7) is 4.58.